The van der Waals surface area contributed by atoms with Gasteiger partial charge in [-0.05, 0) is 64.2 Å². The zero-order valence-corrected chi connectivity index (χ0v) is 25.2. The molecule has 39 heavy (non-hydrogen) atoms. The number of ketones is 2. The number of nitrogens with zero attached hydrogens (tertiary/aromatic N) is 1. The molecule has 9 heteroatoms. The normalized spacial score (nSPS) is 20.6. The third-order valence-corrected chi connectivity index (χ3v) is 8.13. The van der Waals surface area contributed by atoms with Crippen LogP contribution in [0.2, 0.25) is 0 Å². The Labute approximate surface area is 238 Å². The molecular weight excluding hydrogens is 566 g/mol. The van der Waals surface area contributed by atoms with Crippen molar-refractivity contribution < 1.29 is 33.7 Å². The summed E-state index contributed by atoms with van der Waals surface area (Å²) in [6, 6.07) is 3.61. The van der Waals surface area contributed by atoms with Gasteiger partial charge in [-0.3, -0.25) is 9.59 Å². The summed E-state index contributed by atoms with van der Waals surface area (Å²) in [7, 11) is 1.66. The molecule has 0 radical (unpaired) electrons. The van der Waals surface area contributed by atoms with Gasteiger partial charge in [0.05, 0.1) is 17.7 Å². The molecule has 212 valence electrons. The molecule has 1 aliphatic heterocycles. The van der Waals surface area contributed by atoms with Gasteiger partial charge in [-0.15, -0.1) is 0 Å². The number of hydrogen-bond donors (Lipinski definition) is 1. The molecule has 4 rings (SSSR count). The van der Waals surface area contributed by atoms with Crippen molar-refractivity contribution in [2.24, 2.45) is 10.8 Å². The molecule has 0 spiro atoms. The Hall–Kier alpha value is -2.65. The van der Waals surface area contributed by atoms with Crippen molar-refractivity contribution in [3.05, 3.63) is 44.7 Å². The maximum Gasteiger partial charge on any atom is 0.341 e. The Kier molecular flexibility index (Phi) is 8.34. The van der Waals surface area contributed by atoms with Crippen LogP contribution in [0.3, 0.4) is 0 Å². The molecule has 1 N–H and O–H groups in total. The summed E-state index contributed by atoms with van der Waals surface area (Å²) in [5, 5.41) is 9.15. The van der Waals surface area contributed by atoms with E-state index in [1.165, 1.54) is 0 Å². The van der Waals surface area contributed by atoms with Crippen LogP contribution in [0.15, 0.2) is 39.1 Å². The molecule has 0 aromatic heterocycles. The van der Waals surface area contributed by atoms with Crippen LogP contribution in [0, 0.1) is 10.8 Å². The molecule has 0 fully saturated rings. The number of aliphatic carboxylic acids is 1. The lowest BCUT2D eigenvalue weighted by Crippen LogP contribution is -2.45. The van der Waals surface area contributed by atoms with Crippen molar-refractivity contribution in [2.45, 2.75) is 66.2 Å². The number of rotatable bonds is 9. The van der Waals surface area contributed by atoms with Gasteiger partial charge in [0, 0.05) is 55.0 Å². The molecule has 0 unspecified atom stereocenters. The lowest BCUT2D eigenvalue weighted by atomic mass is 9.63. The number of allylic oxidation sites excluding steroid dienone is 4. The highest BCUT2D eigenvalue weighted by molar-refractivity contribution is 9.10. The summed E-state index contributed by atoms with van der Waals surface area (Å²) in [5.41, 5.74) is 3.54. The highest BCUT2D eigenvalue weighted by atomic mass is 79.9. The zero-order chi connectivity index (χ0) is 28.7. The van der Waals surface area contributed by atoms with Crippen LogP contribution in [0.4, 0.5) is 0 Å². The zero-order valence-electron chi connectivity index (χ0n) is 23.6. The summed E-state index contributed by atoms with van der Waals surface area (Å²) in [5.74, 6) is -0.939. The number of Topliss-reactive ketones (excluding diaryl/α,β-unsaturated/α-hetero) is 2. The highest BCUT2D eigenvalue weighted by Gasteiger charge is 2.49. The second kappa shape index (κ2) is 11.1. The largest absolute Gasteiger partial charge is 0.490 e. The van der Waals surface area contributed by atoms with Gasteiger partial charge >= 0.3 is 5.97 Å². The number of ether oxygens (including phenoxy) is 3. The molecule has 1 aromatic rings. The van der Waals surface area contributed by atoms with Crippen molar-refractivity contribution in [1.29, 1.82) is 0 Å². The average Bonchev–Trinajstić information content (AvgIpc) is 2.80. The summed E-state index contributed by atoms with van der Waals surface area (Å²) < 4.78 is 17.4. The van der Waals surface area contributed by atoms with Gasteiger partial charge in [-0.2, -0.15) is 0 Å². The molecule has 1 heterocycles. The molecule has 8 nitrogen and oxygen atoms in total. The number of halogens is 1. The predicted octanol–water partition coefficient (Wildman–Crippen LogP) is 5.64. The molecule has 0 amide bonds. The number of methoxy groups -OCH3 is 1. The number of carboxylic acids is 1. The first-order chi connectivity index (χ1) is 18.3. The van der Waals surface area contributed by atoms with Crippen LogP contribution in [-0.4, -0.2) is 61.0 Å². The number of carbonyl (C=O) groups is 3. The van der Waals surface area contributed by atoms with E-state index in [0.29, 0.717) is 66.8 Å². The molecule has 0 saturated heterocycles. The van der Waals surface area contributed by atoms with Gasteiger partial charge in [-0.25, -0.2) is 4.79 Å². The number of benzene rings is 1. The van der Waals surface area contributed by atoms with Gasteiger partial charge in [0.25, 0.3) is 0 Å². The van der Waals surface area contributed by atoms with Crippen molar-refractivity contribution in [3.8, 4) is 11.5 Å². The van der Waals surface area contributed by atoms with E-state index < -0.39 is 18.5 Å². The Morgan fingerprint density at radius 1 is 1.00 bits per heavy atom. The molecule has 1 aromatic carbocycles. The Bertz CT molecular complexity index is 1210. The first kappa shape index (κ1) is 29.3. The molecular formula is C30H38BrNO7. The van der Waals surface area contributed by atoms with Gasteiger partial charge < -0.3 is 24.2 Å². The van der Waals surface area contributed by atoms with E-state index >= 15 is 0 Å². The minimum atomic E-state index is -1.10. The first-order valence-corrected chi connectivity index (χ1v) is 14.2. The summed E-state index contributed by atoms with van der Waals surface area (Å²) in [6.45, 7) is 11.1. The minimum Gasteiger partial charge on any atom is -0.490 e. The second-order valence-electron chi connectivity index (χ2n) is 12.1. The minimum absolute atomic E-state index is 0.0399. The molecule has 2 aliphatic carbocycles. The van der Waals surface area contributed by atoms with E-state index in [2.05, 4.69) is 48.5 Å². The van der Waals surface area contributed by atoms with Gasteiger partial charge in [0.1, 0.15) is 0 Å². The molecule has 0 saturated carbocycles. The van der Waals surface area contributed by atoms with Gasteiger partial charge in [0.15, 0.2) is 29.7 Å². The third kappa shape index (κ3) is 5.94. The summed E-state index contributed by atoms with van der Waals surface area (Å²) in [4.78, 5) is 41.2. The highest BCUT2D eigenvalue weighted by Crippen LogP contribution is 2.55. The Morgan fingerprint density at radius 3 is 2.05 bits per heavy atom. The van der Waals surface area contributed by atoms with Gasteiger partial charge in [0.2, 0.25) is 0 Å². The average molecular weight is 605 g/mol. The quantitative estimate of drug-likeness (QED) is 0.386. The van der Waals surface area contributed by atoms with Gasteiger partial charge in [-0.1, -0.05) is 27.7 Å². The maximum atomic E-state index is 13.9. The smallest absolute Gasteiger partial charge is 0.341 e. The van der Waals surface area contributed by atoms with Crippen molar-refractivity contribution in [2.75, 3.05) is 33.5 Å². The molecule has 3 aliphatic rings. The predicted molar refractivity (Wildman–Crippen MR) is 150 cm³/mol. The Morgan fingerprint density at radius 2 is 1.56 bits per heavy atom. The van der Waals surface area contributed by atoms with Crippen LogP contribution in [0.5, 0.6) is 11.5 Å². The third-order valence-electron chi connectivity index (χ3n) is 7.55. The lowest BCUT2D eigenvalue weighted by molar-refractivity contribution is -0.139. The summed E-state index contributed by atoms with van der Waals surface area (Å²) in [6.07, 6.45) is 2.20. The fourth-order valence-corrected chi connectivity index (χ4v) is 6.70. The van der Waals surface area contributed by atoms with E-state index in [0.717, 1.165) is 17.0 Å². The fourth-order valence-electron chi connectivity index (χ4n) is 6.13. The monoisotopic (exact) mass is 603 g/mol. The molecule has 0 bridgehead atoms. The van der Waals surface area contributed by atoms with E-state index in [1.54, 1.807) is 13.2 Å². The van der Waals surface area contributed by atoms with Crippen LogP contribution in [0.25, 0.3) is 0 Å². The van der Waals surface area contributed by atoms with Crippen LogP contribution < -0.4 is 9.47 Å². The fraction of sp³-hybridized carbons (Fsp3) is 0.567. The standard InChI is InChI=1S/C30H38BrNO7/c1-7-38-23-11-17(10-18(31)28(23)39-16-24(35)36)25-26-19(12-29(2,3)14-21(26)33)32(8-9-37-6)20-13-30(4,5)15-22(34)27(20)25/h10-11,25H,7-9,12-16H2,1-6H3,(H,35,36). The van der Waals surface area contributed by atoms with Crippen molar-refractivity contribution in [1.82, 2.24) is 4.90 Å². The van der Waals surface area contributed by atoms with E-state index in [-0.39, 0.29) is 28.1 Å². The summed E-state index contributed by atoms with van der Waals surface area (Å²) >= 11 is 3.55. The number of carbonyl (C=O) groups excluding carboxylic acids is 2. The van der Waals surface area contributed by atoms with E-state index in [1.807, 2.05) is 13.0 Å². The van der Waals surface area contributed by atoms with Crippen LogP contribution >= 0.6 is 15.9 Å². The van der Waals surface area contributed by atoms with Crippen molar-refractivity contribution >= 4 is 33.5 Å². The lowest BCUT2D eigenvalue weighted by Gasteiger charge is -2.49. The van der Waals surface area contributed by atoms with E-state index in [9.17, 15) is 14.4 Å². The second-order valence-corrected chi connectivity index (χ2v) is 13.0. The van der Waals surface area contributed by atoms with E-state index in [4.69, 9.17) is 19.3 Å². The van der Waals surface area contributed by atoms with Crippen LogP contribution in [-0.2, 0) is 19.1 Å². The molecule has 0 atom stereocenters. The first-order valence-electron chi connectivity index (χ1n) is 13.4. The Balaban J connectivity index is 1.97. The van der Waals surface area contributed by atoms with Crippen LogP contribution in [0.1, 0.15) is 71.8 Å². The number of hydrogen-bond acceptors (Lipinski definition) is 7. The van der Waals surface area contributed by atoms with Crippen molar-refractivity contribution in [3.63, 3.8) is 0 Å². The number of carboxylic acid groups (broad SMARTS) is 1. The SMILES string of the molecule is CCOc1cc(C2C3=C(CC(C)(C)CC3=O)N(CCOC)C3=C2C(=O)CC(C)(C)C3)cc(Br)c1OCC(=O)O. The topological polar surface area (TPSA) is 102 Å². The maximum absolute atomic E-state index is 13.9.